The molecule has 0 bridgehead atoms. The van der Waals surface area contributed by atoms with Gasteiger partial charge in [0.2, 0.25) is 10.0 Å². The first kappa shape index (κ1) is 13.0. The number of aldehydes is 1. The van der Waals surface area contributed by atoms with E-state index in [0.29, 0.717) is 31.7 Å². The van der Waals surface area contributed by atoms with E-state index in [1.165, 1.54) is 10.6 Å². The molecule has 1 aliphatic rings. The van der Waals surface area contributed by atoms with Crippen molar-refractivity contribution in [3.63, 3.8) is 0 Å². The molecule has 0 aromatic heterocycles. The monoisotopic (exact) mass is 268 g/mol. The number of rotatable bonds is 3. The minimum Gasteiger partial charge on any atom is -0.369 e. The molecule has 0 unspecified atom stereocenters. The number of hydrogen-bond acceptors (Lipinski definition) is 4. The van der Waals surface area contributed by atoms with Crippen molar-refractivity contribution >= 4 is 22.0 Å². The van der Waals surface area contributed by atoms with Gasteiger partial charge in [-0.3, -0.25) is 4.79 Å². The lowest BCUT2D eigenvalue weighted by molar-refractivity contribution is 0.112. The lowest BCUT2D eigenvalue weighted by Gasteiger charge is -2.34. The molecule has 1 heterocycles. The van der Waals surface area contributed by atoms with Gasteiger partial charge in [0.05, 0.1) is 6.26 Å². The first-order valence-electron chi connectivity index (χ1n) is 5.76. The molecule has 2 rings (SSSR count). The molecule has 6 heteroatoms. The average molecular weight is 268 g/mol. The molecule has 0 N–H and O–H groups in total. The maximum Gasteiger partial charge on any atom is 0.211 e. The summed E-state index contributed by atoms with van der Waals surface area (Å²) in [4.78, 5) is 12.7. The van der Waals surface area contributed by atoms with Crippen LogP contribution in [0.15, 0.2) is 24.3 Å². The number of nitrogens with zero attached hydrogens (tertiary/aromatic N) is 2. The molecule has 1 aromatic rings. The standard InChI is InChI=1S/C12H16N2O3S/c1-18(16,17)14-8-6-13(7-9-14)12-4-2-11(10-15)3-5-12/h2-5,10H,6-9H2,1H3. The van der Waals surface area contributed by atoms with Crippen molar-refractivity contribution in [3.8, 4) is 0 Å². The van der Waals surface area contributed by atoms with Gasteiger partial charge in [-0.25, -0.2) is 8.42 Å². The molecule has 0 spiro atoms. The third-order valence-electron chi connectivity index (χ3n) is 3.10. The highest BCUT2D eigenvalue weighted by molar-refractivity contribution is 7.88. The number of hydrogen-bond donors (Lipinski definition) is 0. The minimum absolute atomic E-state index is 0.508. The molecule has 98 valence electrons. The van der Waals surface area contributed by atoms with Crippen LogP contribution in [0.3, 0.4) is 0 Å². The largest absolute Gasteiger partial charge is 0.369 e. The molecule has 0 radical (unpaired) electrons. The van der Waals surface area contributed by atoms with Crippen molar-refractivity contribution < 1.29 is 13.2 Å². The van der Waals surface area contributed by atoms with Crippen molar-refractivity contribution in [2.75, 3.05) is 37.3 Å². The summed E-state index contributed by atoms with van der Waals surface area (Å²) in [6.45, 7) is 2.36. The number of carbonyl (C=O) groups is 1. The Kier molecular flexibility index (Phi) is 3.68. The molecule has 0 atom stereocenters. The zero-order valence-electron chi connectivity index (χ0n) is 10.2. The van der Waals surface area contributed by atoms with Crippen molar-refractivity contribution in [2.45, 2.75) is 0 Å². The van der Waals surface area contributed by atoms with Crippen LogP contribution < -0.4 is 4.90 Å². The van der Waals surface area contributed by atoms with Gasteiger partial charge in [-0.1, -0.05) is 0 Å². The molecular formula is C12H16N2O3S. The fraction of sp³-hybridized carbons (Fsp3) is 0.417. The van der Waals surface area contributed by atoms with Gasteiger partial charge in [0.1, 0.15) is 6.29 Å². The molecule has 1 saturated heterocycles. The van der Waals surface area contributed by atoms with E-state index in [1.807, 2.05) is 12.1 Å². The third kappa shape index (κ3) is 2.88. The smallest absolute Gasteiger partial charge is 0.211 e. The second kappa shape index (κ2) is 5.07. The molecule has 18 heavy (non-hydrogen) atoms. The molecule has 0 aliphatic carbocycles. The summed E-state index contributed by atoms with van der Waals surface area (Å²) in [6, 6.07) is 7.32. The third-order valence-corrected chi connectivity index (χ3v) is 4.41. The summed E-state index contributed by atoms with van der Waals surface area (Å²) in [5.41, 5.74) is 1.67. The number of anilines is 1. The van der Waals surface area contributed by atoms with Crippen LogP contribution >= 0.6 is 0 Å². The van der Waals surface area contributed by atoms with Crippen LogP contribution in [0.4, 0.5) is 5.69 Å². The van der Waals surface area contributed by atoms with E-state index in [1.54, 1.807) is 12.1 Å². The lowest BCUT2D eigenvalue weighted by atomic mass is 10.2. The maximum atomic E-state index is 11.4. The van der Waals surface area contributed by atoms with Crippen molar-refractivity contribution in [2.24, 2.45) is 0 Å². The van der Waals surface area contributed by atoms with Gasteiger partial charge in [0.15, 0.2) is 0 Å². The Labute approximate surface area is 107 Å². The number of carbonyl (C=O) groups excluding carboxylic acids is 1. The topological polar surface area (TPSA) is 57.7 Å². The van der Waals surface area contributed by atoms with Crippen LogP contribution in [0.5, 0.6) is 0 Å². The predicted molar refractivity (Wildman–Crippen MR) is 70.5 cm³/mol. The molecular weight excluding hydrogens is 252 g/mol. The zero-order chi connectivity index (χ0) is 13.2. The quantitative estimate of drug-likeness (QED) is 0.753. The number of piperazine rings is 1. The molecule has 1 fully saturated rings. The van der Waals surface area contributed by atoms with E-state index >= 15 is 0 Å². The summed E-state index contributed by atoms with van der Waals surface area (Å²) in [5, 5.41) is 0. The zero-order valence-corrected chi connectivity index (χ0v) is 11.1. The highest BCUT2D eigenvalue weighted by Crippen LogP contribution is 2.17. The average Bonchev–Trinajstić information content (AvgIpc) is 2.38. The van der Waals surface area contributed by atoms with E-state index in [-0.39, 0.29) is 0 Å². The second-order valence-corrected chi connectivity index (χ2v) is 6.34. The summed E-state index contributed by atoms with van der Waals surface area (Å²) in [7, 11) is -3.08. The van der Waals surface area contributed by atoms with Crippen LogP contribution in [0, 0.1) is 0 Å². The van der Waals surface area contributed by atoms with E-state index in [2.05, 4.69) is 4.90 Å². The van der Waals surface area contributed by atoms with Gasteiger partial charge in [-0.2, -0.15) is 4.31 Å². The fourth-order valence-corrected chi connectivity index (χ4v) is 2.87. The van der Waals surface area contributed by atoms with Gasteiger partial charge >= 0.3 is 0 Å². The molecule has 0 saturated carbocycles. The van der Waals surface area contributed by atoms with Gasteiger partial charge in [-0.05, 0) is 24.3 Å². The Bertz CT molecular complexity index is 517. The Morgan fingerprint density at radius 3 is 2.06 bits per heavy atom. The second-order valence-electron chi connectivity index (χ2n) is 4.36. The Morgan fingerprint density at radius 1 is 1.06 bits per heavy atom. The summed E-state index contributed by atoms with van der Waals surface area (Å²) in [5.74, 6) is 0. The Morgan fingerprint density at radius 2 is 1.61 bits per heavy atom. The van der Waals surface area contributed by atoms with Crippen molar-refractivity contribution in [1.82, 2.24) is 4.31 Å². The normalized spacial score (nSPS) is 17.7. The van der Waals surface area contributed by atoms with Gasteiger partial charge in [0.25, 0.3) is 0 Å². The van der Waals surface area contributed by atoms with E-state index in [0.717, 1.165) is 12.0 Å². The molecule has 1 aliphatic heterocycles. The maximum absolute atomic E-state index is 11.4. The van der Waals surface area contributed by atoms with E-state index in [4.69, 9.17) is 0 Å². The summed E-state index contributed by atoms with van der Waals surface area (Å²) < 4.78 is 24.3. The summed E-state index contributed by atoms with van der Waals surface area (Å²) in [6.07, 6.45) is 2.05. The van der Waals surface area contributed by atoms with Crippen LogP contribution in [0.2, 0.25) is 0 Å². The predicted octanol–water partition coefficient (Wildman–Crippen LogP) is 0.581. The van der Waals surface area contributed by atoms with Crippen molar-refractivity contribution in [1.29, 1.82) is 0 Å². The van der Waals surface area contributed by atoms with Crippen molar-refractivity contribution in [3.05, 3.63) is 29.8 Å². The van der Waals surface area contributed by atoms with Crippen LogP contribution in [-0.2, 0) is 10.0 Å². The molecule has 5 nitrogen and oxygen atoms in total. The summed E-state index contributed by atoms with van der Waals surface area (Å²) >= 11 is 0. The molecule has 0 amide bonds. The van der Waals surface area contributed by atoms with Crippen LogP contribution in [0.1, 0.15) is 10.4 Å². The SMILES string of the molecule is CS(=O)(=O)N1CCN(c2ccc(C=O)cc2)CC1. The minimum atomic E-state index is -3.08. The fourth-order valence-electron chi connectivity index (χ4n) is 2.04. The Balaban J connectivity index is 2.03. The van der Waals surface area contributed by atoms with Gasteiger partial charge in [-0.15, -0.1) is 0 Å². The first-order valence-corrected chi connectivity index (χ1v) is 7.61. The van der Waals surface area contributed by atoms with Gasteiger partial charge < -0.3 is 4.90 Å². The Hall–Kier alpha value is -1.40. The van der Waals surface area contributed by atoms with Crippen LogP contribution in [0.25, 0.3) is 0 Å². The highest BCUT2D eigenvalue weighted by atomic mass is 32.2. The van der Waals surface area contributed by atoms with Gasteiger partial charge in [0, 0.05) is 37.4 Å². The van der Waals surface area contributed by atoms with E-state index in [9.17, 15) is 13.2 Å². The number of benzene rings is 1. The van der Waals surface area contributed by atoms with Crippen LogP contribution in [-0.4, -0.2) is 51.4 Å². The lowest BCUT2D eigenvalue weighted by Crippen LogP contribution is -2.48. The first-order chi connectivity index (χ1) is 8.50. The van der Waals surface area contributed by atoms with E-state index < -0.39 is 10.0 Å². The number of sulfonamides is 1. The highest BCUT2D eigenvalue weighted by Gasteiger charge is 2.23. The molecule has 1 aromatic carbocycles.